The molecule has 2 aromatic rings. The van der Waals surface area contributed by atoms with Crippen molar-refractivity contribution in [3.8, 4) is 11.5 Å². The number of nitrogens with one attached hydrogen (secondary N) is 1. The number of benzene rings is 2. The van der Waals surface area contributed by atoms with Gasteiger partial charge in [0.25, 0.3) is 0 Å². The van der Waals surface area contributed by atoms with Gasteiger partial charge >= 0.3 is 0 Å². The minimum Gasteiger partial charge on any atom is -0.457 e. The molecule has 0 aliphatic carbocycles. The van der Waals surface area contributed by atoms with Gasteiger partial charge in [-0.3, -0.25) is 4.90 Å². The van der Waals surface area contributed by atoms with Gasteiger partial charge in [0, 0.05) is 32.2 Å². The lowest BCUT2D eigenvalue weighted by molar-refractivity contribution is 0.169. The van der Waals surface area contributed by atoms with Crippen LogP contribution in [0.5, 0.6) is 11.5 Å². The first kappa shape index (κ1) is 20.8. The van der Waals surface area contributed by atoms with Crippen LogP contribution in [0.1, 0.15) is 24.9 Å². The smallest absolute Gasteiger partial charge is 0.127 e. The number of halogens is 2. The molecule has 0 aromatic heterocycles. The standard InChI is InChI=1S/C19H24N2O.2ClH/c1-2-19(21-14-12-20-13-15-21)16-8-10-18(11-9-16)22-17-6-4-3-5-7-17;;/h3-11,19-20H,2,12-15H2,1H3;2*1H/t19-;;/m0../s1. The minimum atomic E-state index is 0. The summed E-state index contributed by atoms with van der Waals surface area (Å²) in [6.07, 6.45) is 1.14. The zero-order chi connectivity index (χ0) is 15.2. The van der Waals surface area contributed by atoms with Crippen LogP contribution in [0.4, 0.5) is 0 Å². The SMILES string of the molecule is CC[C@@H](c1ccc(Oc2ccccc2)cc1)N1CCNCC1.Cl.Cl. The van der Waals surface area contributed by atoms with E-state index in [-0.39, 0.29) is 24.8 Å². The van der Waals surface area contributed by atoms with Gasteiger partial charge in [0.2, 0.25) is 0 Å². The highest BCUT2D eigenvalue weighted by molar-refractivity contribution is 5.85. The molecule has 1 N–H and O–H groups in total. The van der Waals surface area contributed by atoms with Crippen molar-refractivity contribution in [3.63, 3.8) is 0 Å². The first-order valence-corrected chi connectivity index (χ1v) is 8.14. The number of hydrogen-bond acceptors (Lipinski definition) is 3. The molecule has 2 aromatic carbocycles. The van der Waals surface area contributed by atoms with Crippen LogP contribution in [0.15, 0.2) is 54.6 Å². The quantitative estimate of drug-likeness (QED) is 0.828. The third-order valence-electron chi connectivity index (χ3n) is 4.22. The number of para-hydroxylation sites is 1. The van der Waals surface area contributed by atoms with Crippen LogP contribution < -0.4 is 10.1 Å². The van der Waals surface area contributed by atoms with E-state index in [0.29, 0.717) is 6.04 Å². The van der Waals surface area contributed by atoms with Crippen molar-refractivity contribution in [1.29, 1.82) is 0 Å². The van der Waals surface area contributed by atoms with Crippen molar-refractivity contribution in [2.45, 2.75) is 19.4 Å². The molecule has 1 heterocycles. The molecular formula is C19H26Cl2N2O. The summed E-state index contributed by atoms with van der Waals surface area (Å²) in [5.41, 5.74) is 1.38. The number of nitrogens with zero attached hydrogens (tertiary/aromatic N) is 1. The molecule has 0 radical (unpaired) electrons. The van der Waals surface area contributed by atoms with E-state index in [0.717, 1.165) is 44.1 Å². The third kappa shape index (κ3) is 5.38. The van der Waals surface area contributed by atoms with Crippen LogP contribution in [-0.2, 0) is 0 Å². The summed E-state index contributed by atoms with van der Waals surface area (Å²) in [5.74, 6) is 1.77. The molecule has 0 amide bonds. The topological polar surface area (TPSA) is 24.5 Å². The van der Waals surface area contributed by atoms with Gasteiger partial charge in [0.1, 0.15) is 11.5 Å². The van der Waals surface area contributed by atoms with E-state index < -0.39 is 0 Å². The summed E-state index contributed by atoms with van der Waals surface area (Å²) in [5, 5.41) is 3.42. The number of piperazine rings is 1. The van der Waals surface area contributed by atoms with Gasteiger partial charge in [0.15, 0.2) is 0 Å². The average molecular weight is 369 g/mol. The van der Waals surface area contributed by atoms with Crippen LogP contribution in [0.25, 0.3) is 0 Å². The molecule has 0 spiro atoms. The van der Waals surface area contributed by atoms with Gasteiger partial charge < -0.3 is 10.1 Å². The van der Waals surface area contributed by atoms with Crippen molar-refractivity contribution in [2.75, 3.05) is 26.2 Å². The maximum absolute atomic E-state index is 5.87. The van der Waals surface area contributed by atoms with Gasteiger partial charge in [-0.1, -0.05) is 37.3 Å². The maximum atomic E-state index is 5.87. The molecule has 5 heteroatoms. The zero-order valence-corrected chi connectivity index (χ0v) is 15.6. The molecular weight excluding hydrogens is 343 g/mol. The van der Waals surface area contributed by atoms with E-state index in [1.54, 1.807) is 0 Å². The summed E-state index contributed by atoms with van der Waals surface area (Å²) < 4.78 is 5.87. The van der Waals surface area contributed by atoms with Gasteiger partial charge in [-0.05, 0) is 36.2 Å². The Hall–Kier alpha value is -1.26. The molecule has 1 aliphatic heterocycles. The molecule has 0 bridgehead atoms. The highest BCUT2D eigenvalue weighted by atomic mass is 35.5. The lowest BCUT2D eigenvalue weighted by atomic mass is 10.0. The predicted molar refractivity (Wildman–Crippen MR) is 105 cm³/mol. The Morgan fingerprint density at radius 2 is 1.50 bits per heavy atom. The molecule has 3 nitrogen and oxygen atoms in total. The molecule has 1 atom stereocenters. The average Bonchev–Trinajstić information content (AvgIpc) is 2.59. The molecule has 1 aliphatic rings. The highest BCUT2D eigenvalue weighted by Gasteiger charge is 2.20. The maximum Gasteiger partial charge on any atom is 0.127 e. The van der Waals surface area contributed by atoms with E-state index in [9.17, 15) is 0 Å². The Bertz CT molecular complexity index is 572. The summed E-state index contributed by atoms with van der Waals surface area (Å²) in [6, 6.07) is 19.0. The highest BCUT2D eigenvalue weighted by Crippen LogP contribution is 2.28. The van der Waals surface area contributed by atoms with Crippen LogP contribution in [0, 0.1) is 0 Å². The fraction of sp³-hybridized carbons (Fsp3) is 0.368. The minimum absolute atomic E-state index is 0. The molecule has 0 saturated carbocycles. The zero-order valence-electron chi connectivity index (χ0n) is 14.0. The molecule has 0 unspecified atom stereocenters. The van der Waals surface area contributed by atoms with Gasteiger partial charge in [-0.25, -0.2) is 0 Å². The third-order valence-corrected chi connectivity index (χ3v) is 4.22. The number of rotatable bonds is 5. The summed E-state index contributed by atoms with van der Waals surface area (Å²) in [4.78, 5) is 2.57. The van der Waals surface area contributed by atoms with E-state index in [4.69, 9.17) is 4.74 Å². The fourth-order valence-electron chi connectivity index (χ4n) is 3.08. The lowest BCUT2D eigenvalue weighted by Crippen LogP contribution is -2.45. The van der Waals surface area contributed by atoms with Crippen molar-refractivity contribution in [1.82, 2.24) is 10.2 Å². The van der Waals surface area contributed by atoms with Crippen LogP contribution in [0.3, 0.4) is 0 Å². The van der Waals surface area contributed by atoms with E-state index in [2.05, 4.69) is 41.4 Å². The van der Waals surface area contributed by atoms with E-state index in [1.165, 1.54) is 5.56 Å². The second-order valence-corrected chi connectivity index (χ2v) is 5.69. The molecule has 132 valence electrons. The first-order chi connectivity index (χ1) is 10.9. The van der Waals surface area contributed by atoms with Gasteiger partial charge in [-0.2, -0.15) is 0 Å². The Kier molecular flexibility index (Phi) is 9.16. The van der Waals surface area contributed by atoms with E-state index in [1.807, 2.05) is 30.3 Å². The Morgan fingerprint density at radius 3 is 2.08 bits per heavy atom. The molecule has 1 fully saturated rings. The Balaban J connectivity index is 0.00000144. The normalized spacial score (nSPS) is 15.7. The van der Waals surface area contributed by atoms with Crippen LogP contribution in [-0.4, -0.2) is 31.1 Å². The first-order valence-electron chi connectivity index (χ1n) is 8.14. The molecule has 24 heavy (non-hydrogen) atoms. The lowest BCUT2D eigenvalue weighted by Gasteiger charge is -2.34. The van der Waals surface area contributed by atoms with Crippen LogP contribution >= 0.6 is 24.8 Å². The van der Waals surface area contributed by atoms with Crippen molar-refractivity contribution in [3.05, 3.63) is 60.2 Å². The second kappa shape index (κ2) is 10.6. The summed E-state index contributed by atoms with van der Waals surface area (Å²) in [6.45, 7) is 6.69. The monoisotopic (exact) mass is 368 g/mol. The van der Waals surface area contributed by atoms with Crippen molar-refractivity contribution >= 4 is 24.8 Å². The summed E-state index contributed by atoms with van der Waals surface area (Å²) in [7, 11) is 0. The van der Waals surface area contributed by atoms with Crippen LogP contribution in [0.2, 0.25) is 0 Å². The van der Waals surface area contributed by atoms with Crippen molar-refractivity contribution in [2.24, 2.45) is 0 Å². The fourth-order valence-corrected chi connectivity index (χ4v) is 3.08. The largest absolute Gasteiger partial charge is 0.457 e. The van der Waals surface area contributed by atoms with E-state index >= 15 is 0 Å². The number of hydrogen-bond donors (Lipinski definition) is 1. The predicted octanol–water partition coefficient (Wildman–Crippen LogP) is 4.68. The summed E-state index contributed by atoms with van der Waals surface area (Å²) >= 11 is 0. The molecule has 1 saturated heterocycles. The van der Waals surface area contributed by atoms with Gasteiger partial charge in [-0.15, -0.1) is 24.8 Å². The second-order valence-electron chi connectivity index (χ2n) is 5.69. The van der Waals surface area contributed by atoms with Crippen molar-refractivity contribution < 1.29 is 4.74 Å². The molecule has 3 rings (SSSR count). The number of ether oxygens (including phenoxy) is 1. The Morgan fingerprint density at radius 1 is 0.917 bits per heavy atom. The Labute approximate surface area is 157 Å². The van der Waals surface area contributed by atoms with Gasteiger partial charge in [0.05, 0.1) is 0 Å².